The van der Waals surface area contributed by atoms with Gasteiger partial charge in [0.05, 0.1) is 5.75 Å². The molecular weight excluding hydrogens is 352 g/mol. The minimum Gasteiger partial charge on any atom is -0.321 e. The Hall–Kier alpha value is -1.78. The number of amidine groups is 1. The smallest absolute Gasteiger partial charge is 0.173 e. The Kier molecular flexibility index (Phi) is 6.54. The lowest BCUT2D eigenvalue weighted by Crippen LogP contribution is -2.32. The molecule has 0 N–H and O–H groups in total. The van der Waals surface area contributed by atoms with E-state index in [2.05, 4.69) is 17.0 Å². The van der Waals surface area contributed by atoms with E-state index in [9.17, 15) is 4.79 Å². The van der Waals surface area contributed by atoms with Crippen LogP contribution in [0.4, 0.5) is 5.69 Å². The normalized spacial score (nSPS) is 15.2. The summed E-state index contributed by atoms with van der Waals surface area (Å²) in [4.78, 5) is 19.4. The predicted octanol–water partition coefficient (Wildman–Crippen LogP) is 5.30. The van der Waals surface area contributed by atoms with Gasteiger partial charge in [-0.15, -0.1) is 0 Å². The molecule has 2 aromatic rings. The van der Waals surface area contributed by atoms with Gasteiger partial charge in [0, 0.05) is 29.4 Å². The first-order valence-corrected chi connectivity index (χ1v) is 9.89. The van der Waals surface area contributed by atoms with Crippen molar-refractivity contribution in [1.82, 2.24) is 0 Å². The van der Waals surface area contributed by atoms with Crippen molar-refractivity contribution in [2.75, 3.05) is 23.7 Å². The van der Waals surface area contributed by atoms with Gasteiger partial charge in [0.1, 0.15) is 0 Å². The summed E-state index contributed by atoms with van der Waals surface area (Å²) in [6.45, 7) is 1.76. The zero-order chi connectivity index (χ0) is 17.5. The van der Waals surface area contributed by atoms with E-state index in [4.69, 9.17) is 16.6 Å². The second kappa shape index (κ2) is 9.07. The van der Waals surface area contributed by atoms with Crippen LogP contribution in [0.25, 0.3) is 0 Å². The molecular formula is C20H21ClN2OS. The van der Waals surface area contributed by atoms with Crippen LogP contribution in [0.1, 0.15) is 29.6 Å². The second-order valence-corrected chi connectivity index (χ2v) is 7.31. The standard InChI is InChI=1S/C20H21ClN2OS/c21-17-11-9-16(10-12-17)19(24)15-25-20-22-13-5-2-6-14-23(20)18-7-3-1-4-8-18/h1,3-4,7-12H,2,5-6,13-15H2. The minimum absolute atomic E-state index is 0.0967. The van der Waals surface area contributed by atoms with Gasteiger partial charge in [-0.2, -0.15) is 0 Å². The van der Waals surface area contributed by atoms with Gasteiger partial charge in [-0.3, -0.25) is 9.79 Å². The fourth-order valence-corrected chi connectivity index (χ4v) is 3.82. The van der Waals surface area contributed by atoms with Gasteiger partial charge in [-0.25, -0.2) is 0 Å². The van der Waals surface area contributed by atoms with Gasteiger partial charge in [0.2, 0.25) is 0 Å². The highest BCUT2D eigenvalue weighted by atomic mass is 35.5. The Morgan fingerprint density at radius 1 is 1.04 bits per heavy atom. The van der Waals surface area contributed by atoms with Gasteiger partial charge in [0.15, 0.2) is 11.0 Å². The number of thioether (sulfide) groups is 1. The van der Waals surface area contributed by atoms with E-state index in [1.165, 1.54) is 18.2 Å². The number of rotatable bonds is 4. The van der Waals surface area contributed by atoms with E-state index in [0.29, 0.717) is 16.3 Å². The molecule has 0 radical (unpaired) electrons. The molecule has 3 nitrogen and oxygen atoms in total. The van der Waals surface area contributed by atoms with Crippen molar-refractivity contribution in [1.29, 1.82) is 0 Å². The lowest BCUT2D eigenvalue weighted by atomic mass is 10.1. The van der Waals surface area contributed by atoms with Crippen LogP contribution in [0.3, 0.4) is 0 Å². The van der Waals surface area contributed by atoms with E-state index >= 15 is 0 Å². The largest absolute Gasteiger partial charge is 0.321 e. The van der Waals surface area contributed by atoms with Crippen LogP contribution in [0.5, 0.6) is 0 Å². The highest BCUT2D eigenvalue weighted by Gasteiger charge is 2.17. The lowest BCUT2D eigenvalue weighted by Gasteiger charge is -2.27. The zero-order valence-electron chi connectivity index (χ0n) is 14.0. The maximum Gasteiger partial charge on any atom is 0.173 e. The molecule has 25 heavy (non-hydrogen) atoms. The number of hydrogen-bond acceptors (Lipinski definition) is 4. The van der Waals surface area contributed by atoms with E-state index in [0.717, 1.165) is 36.8 Å². The summed E-state index contributed by atoms with van der Waals surface area (Å²) in [5.41, 5.74) is 1.82. The Morgan fingerprint density at radius 2 is 1.80 bits per heavy atom. The Labute approximate surface area is 158 Å². The fourth-order valence-electron chi connectivity index (χ4n) is 2.73. The molecule has 5 heteroatoms. The van der Waals surface area contributed by atoms with E-state index in [1.54, 1.807) is 24.3 Å². The molecule has 0 saturated heterocycles. The van der Waals surface area contributed by atoms with Crippen molar-refractivity contribution in [3.05, 3.63) is 65.2 Å². The van der Waals surface area contributed by atoms with Gasteiger partial charge >= 0.3 is 0 Å². The monoisotopic (exact) mass is 372 g/mol. The third-order valence-corrected chi connectivity index (χ3v) is 5.35. The van der Waals surface area contributed by atoms with Gasteiger partial charge in [0.25, 0.3) is 0 Å². The summed E-state index contributed by atoms with van der Waals surface area (Å²) in [6.07, 6.45) is 3.44. The Morgan fingerprint density at radius 3 is 2.56 bits per heavy atom. The number of carbonyl (C=O) groups excluding carboxylic acids is 1. The second-order valence-electron chi connectivity index (χ2n) is 5.93. The van der Waals surface area contributed by atoms with Gasteiger partial charge in [-0.05, 0) is 55.7 Å². The van der Waals surface area contributed by atoms with Crippen molar-refractivity contribution in [3.63, 3.8) is 0 Å². The van der Waals surface area contributed by atoms with E-state index in [-0.39, 0.29) is 5.78 Å². The molecule has 1 aliphatic rings. The molecule has 0 aromatic heterocycles. The average Bonchev–Trinajstić information content (AvgIpc) is 2.62. The highest BCUT2D eigenvalue weighted by molar-refractivity contribution is 8.14. The lowest BCUT2D eigenvalue weighted by molar-refractivity contribution is 0.102. The van der Waals surface area contributed by atoms with E-state index < -0.39 is 0 Å². The van der Waals surface area contributed by atoms with Crippen LogP contribution in [0, 0.1) is 0 Å². The zero-order valence-corrected chi connectivity index (χ0v) is 15.6. The summed E-state index contributed by atoms with van der Waals surface area (Å²) in [5, 5.41) is 1.58. The highest BCUT2D eigenvalue weighted by Crippen LogP contribution is 2.23. The van der Waals surface area contributed by atoms with E-state index in [1.807, 2.05) is 18.2 Å². The number of anilines is 1. The van der Waals surface area contributed by atoms with Crippen LogP contribution in [0.15, 0.2) is 59.6 Å². The SMILES string of the molecule is O=C(CSC1=NCCCCCN1c1ccccc1)c1ccc(Cl)cc1. The molecule has 130 valence electrons. The minimum atomic E-state index is 0.0967. The number of para-hydroxylation sites is 1. The molecule has 0 fully saturated rings. The van der Waals surface area contributed by atoms with Crippen molar-refractivity contribution in [2.45, 2.75) is 19.3 Å². The number of hydrogen-bond donors (Lipinski definition) is 0. The molecule has 2 aromatic carbocycles. The third kappa shape index (κ3) is 5.10. The van der Waals surface area contributed by atoms with Crippen molar-refractivity contribution < 1.29 is 4.79 Å². The first-order valence-electron chi connectivity index (χ1n) is 8.52. The fraction of sp³-hybridized carbons (Fsp3) is 0.300. The van der Waals surface area contributed by atoms with Gasteiger partial charge < -0.3 is 4.90 Å². The summed E-state index contributed by atoms with van der Waals surface area (Å²) in [7, 11) is 0. The molecule has 0 spiro atoms. The summed E-state index contributed by atoms with van der Waals surface area (Å²) >= 11 is 7.42. The number of benzene rings is 2. The van der Waals surface area contributed by atoms with Crippen LogP contribution in [-0.2, 0) is 0 Å². The van der Waals surface area contributed by atoms with Crippen LogP contribution >= 0.6 is 23.4 Å². The first kappa shape index (κ1) is 18.0. The topological polar surface area (TPSA) is 32.7 Å². The molecule has 0 amide bonds. The number of halogens is 1. The van der Waals surface area contributed by atoms with Crippen molar-refractivity contribution in [2.24, 2.45) is 4.99 Å². The Bertz CT molecular complexity index is 731. The molecule has 0 aliphatic carbocycles. The molecule has 0 unspecified atom stereocenters. The van der Waals surface area contributed by atoms with Crippen molar-refractivity contribution >= 4 is 40.0 Å². The molecule has 1 heterocycles. The Balaban J connectivity index is 1.72. The number of nitrogens with zero attached hydrogens (tertiary/aromatic N) is 2. The van der Waals surface area contributed by atoms with Crippen LogP contribution in [0.2, 0.25) is 5.02 Å². The number of carbonyl (C=O) groups is 1. The molecule has 0 atom stereocenters. The van der Waals surface area contributed by atoms with Crippen LogP contribution < -0.4 is 4.90 Å². The quantitative estimate of drug-likeness (QED) is 0.682. The summed E-state index contributed by atoms with van der Waals surface area (Å²) in [5.74, 6) is 0.475. The maximum atomic E-state index is 12.5. The summed E-state index contributed by atoms with van der Waals surface area (Å²) < 4.78 is 0. The number of aliphatic imine (C=N–C) groups is 1. The third-order valence-electron chi connectivity index (χ3n) is 4.08. The number of Topliss-reactive ketones (excluding diaryl/α,β-unsaturated/α-hetero) is 1. The number of ketones is 1. The predicted molar refractivity (Wildman–Crippen MR) is 108 cm³/mol. The van der Waals surface area contributed by atoms with Gasteiger partial charge in [-0.1, -0.05) is 41.6 Å². The molecule has 0 saturated carbocycles. The van der Waals surface area contributed by atoms with Crippen LogP contribution in [-0.4, -0.2) is 29.8 Å². The van der Waals surface area contributed by atoms with Crippen molar-refractivity contribution in [3.8, 4) is 0 Å². The summed E-state index contributed by atoms with van der Waals surface area (Å²) in [6, 6.07) is 17.3. The average molecular weight is 373 g/mol. The molecule has 0 bridgehead atoms. The first-order chi connectivity index (χ1) is 12.2. The maximum absolute atomic E-state index is 12.5. The molecule has 1 aliphatic heterocycles. The molecule has 3 rings (SSSR count).